The average Bonchev–Trinajstić information content (AvgIpc) is 3.26. The number of hydrogen-bond acceptors (Lipinski definition) is 6. The molecule has 0 aliphatic carbocycles. The standard InChI is InChI=1S/C55H102O6/c1-4-7-10-13-16-19-22-25-26-27-28-31-33-36-39-42-45-48-54(57)60-51-52(61-55(58)49-46-43-40-37-34-30-24-21-18-15-12-9-6-3)50-59-53(56)47-44-41-38-35-32-29-23-20-17-14-11-8-5-2/h20-21,23-24,52H,4-19,22,25-51H2,1-3H3. The number of ether oxygens (including phenoxy) is 3. The first kappa shape index (κ1) is 58.9. The van der Waals surface area contributed by atoms with Crippen LogP contribution in [0, 0.1) is 0 Å². The monoisotopic (exact) mass is 859 g/mol. The number of rotatable bonds is 49. The average molecular weight is 859 g/mol. The van der Waals surface area contributed by atoms with Crippen LogP contribution in [0.1, 0.15) is 290 Å². The molecule has 0 amide bonds. The summed E-state index contributed by atoms with van der Waals surface area (Å²) in [6.07, 6.45) is 57.3. The number of carbonyl (C=O) groups excluding carboxylic acids is 3. The van der Waals surface area contributed by atoms with E-state index in [1.807, 2.05) is 0 Å². The van der Waals surface area contributed by atoms with E-state index in [0.717, 1.165) is 70.6 Å². The summed E-state index contributed by atoms with van der Waals surface area (Å²) in [6, 6.07) is 0. The molecule has 0 spiro atoms. The third-order valence-electron chi connectivity index (χ3n) is 11.9. The predicted molar refractivity (Wildman–Crippen MR) is 261 cm³/mol. The Morgan fingerprint density at radius 1 is 0.311 bits per heavy atom. The van der Waals surface area contributed by atoms with Gasteiger partial charge in [0, 0.05) is 19.3 Å². The molecule has 358 valence electrons. The summed E-state index contributed by atoms with van der Waals surface area (Å²) in [5.74, 6) is -0.877. The zero-order valence-corrected chi connectivity index (χ0v) is 40.9. The Morgan fingerprint density at radius 3 is 0.836 bits per heavy atom. The van der Waals surface area contributed by atoms with Crippen LogP contribution in [-0.2, 0) is 28.6 Å². The Morgan fingerprint density at radius 2 is 0.541 bits per heavy atom. The summed E-state index contributed by atoms with van der Waals surface area (Å²) in [5, 5.41) is 0. The van der Waals surface area contributed by atoms with Crippen LogP contribution in [0.2, 0.25) is 0 Å². The molecule has 6 heteroatoms. The van der Waals surface area contributed by atoms with Gasteiger partial charge in [-0.1, -0.05) is 225 Å². The fourth-order valence-electron chi connectivity index (χ4n) is 7.84. The van der Waals surface area contributed by atoms with Crippen molar-refractivity contribution in [1.82, 2.24) is 0 Å². The summed E-state index contributed by atoms with van der Waals surface area (Å²) in [7, 11) is 0. The molecule has 0 aromatic rings. The Bertz CT molecular complexity index is 989. The number of carbonyl (C=O) groups is 3. The third kappa shape index (κ3) is 48.8. The normalized spacial score (nSPS) is 12.1. The van der Waals surface area contributed by atoms with E-state index in [1.54, 1.807) is 0 Å². The topological polar surface area (TPSA) is 78.9 Å². The van der Waals surface area contributed by atoms with E-state index in [2.05, 4.69) is 45.1 Å². The summed E-state index contributed by atoms with van der Waals surface area (Å²) in [6.45, 7) is 6.63. The molecule has 6 nitrogen and oxygen atoms in total. The van der Waals surface area contributed by atoms with E-state index in [-0.39, 0.29) is 31.1 Å². The van der Waals surface area contributed by atoms with Gasteiger partial charge < -0.3 is 14.2 Å². The van der Waals surface area contributed by atoms with Crippen molar-refractivity contribution in [3.05, 3.63) is 24.3 Å². The molecule has 0 aromatic heterocycles. The highest BCUT2D eigenvalue weighted by Gasteiger charge is 2.19. The maximum absolute atomic E-state index is 12.8. The molecule has 0 aliphatic rings. The number of unbranched alkanes of at least 4 members (excludes halogenated alkanes) is 34. The van der Waals surface area contributed by atoms with Crippen molar-refractivity contribution in [2.45, 2.75) is 297 Å². The second-order valence-corrected chi connectivity index (χ2v) is 18.1. The van der Waals surface area contributed by atoms with Gasteiger partial charge in [-0.05, 0) is 70.6 Å². The second kappa shape index (κ2) is 50.5. The molecular formula is C55H102O6. The molecule has 0 saturated carbocycles. The molecule has 0 aliphatic heterocycles. The van der Waals surface area contributed by atoms with Gasteiger partial charge in [0.2, 0.25) is 0 Å². The van der Waals surface area contributed by atoms with E-state index in [9.17, 15) is 14.4 Å². The first-order valence-corrected chi connectivity index (χ1v) is 26.8. The maximum atomic E-state index is 12.8. The molecule has 0 bridgehead atoms. The molecule has 0 rings (SSSR count). The van der Waals surface area contributed by atoms with Gasteiger partial charge in [0.25, 0.3) is 0 Å². The van der Waals surface area contributed by atoms with E-state index in [0.29, 0.717) is 19.3 Å². The largest absolute Gasteiger partial charge is 0.462 e. The third-order valence-corrected chi connectivity index (χ3v) is 11.9. The Kier molecular flexibility index (Phi) is 48.8. The van der Waals surface area contributed by atoms with Crippen molar-refractivity contribution >= 4 is 17.9 Å². The molecule has 0 saturated heterocycles. The minimum atomic E-state index is -0.774. The lowest BCUT2D eigenvalue weighted by Crippen LogP contribution is -2.30. The van der Waals surface area contributed by atoms with Gasteiger partial charge in [-0.3, -0.25) is 14.4 Å². The molecule has 1 atom stereocenters. The fraction of sp³-hybridized carbons (Fsp3) is 0.873. The first-order valence-electron chi connectivity index (χ1n) is 26.8. The van der Waals surface area contributed by atoms with E-state index < -0.39 is 6.10 Å². The molecule has 0 N–H and O–H groups in total. The maximum Gasteiger partial charge on any atom is 0.306 e. The predicted octanol–water partition coefficient (Wildman–Crippen LogP) is 17.5. The van der Waals surface area contributed by atoms with Gasteiger partial charge in [0.1, 0.15) is 13.2 Å². The van der Waals surface area contributed by atoms with Crippen LogP contribution in [0.15, 0.2) is 24.3 Å². The van der Waals surface area contributed by atoms with Gasteiger partial charge in [-0.15, -0.1) is 0 Å². The molecule has 0 fully saturated rings. The quantitative estimate of drug-likeness (QED) is 0.0262. The van der Waals surface area contributed by atoms with Crippen molar-refractivity contribution in [2.24, 2.45) is 0 Å². The summed E-state index contributed by atoms with van der Waals surface area (Å²) >= 11 is 0. The lowest BCUT2D eigenvalue weighted by Gasteiger charge is -2.18. The first-order chi connectivity index (χ1) is 30.0. The van der Waals surface area contributed by atoms with Crippen LogP contribution in [0.4, 0.5) is 0 Å². The van der Waals surface area contributed by atoms with Gasteiger partial charge in [0.15, 0.2) is 6.10 Å². The van der Waals surface area contributed by atoms with Crippen LogP contribution in [0.5, 0.6) is 0 Å². The number of allylic oxidation sites excluding steroid dienone is 4. The Labute approximate surface area is 379 Å². The fourth-order valence-corrected chi connectivity index (χ4v) is 7.84. The van der Waals surface area contributed by atoms with Crippen molar-refractivity contribution in [1.29, 1.82) is 0 Å². The highest BCUT2D eigenvalue weighted by atomic mass is 16.6. The Balaban J connectivity index is 4.33. The molecule has 61 heavy (non-hydrogen) atoms. The van der Waals surface area contributed by atoms with Crippen LogP contribution in [0.25, 0.3) is 0 Å². The summed E-state index contributed by atoms with van der Waals surface area (Å²) < 4.78 is 16.8. The number of esters is 3. The van der Waals surface area contributed by atoms with E-state index >= 15 is 0 Å². The van der Waals surface area contributed by atoms with Crippen molar-refractivity contribution < 1.29 is 28.6 Å². The van der Waals surface area contributed by atoms with E-state index in [1.165, 1.54) is 180 Å². The van der Waals surface area contributed by atoms with Gasteiger partial charge in [-0.25, -0.2) is 0 Å². The van der Waals surface area contributed by atoms with Gasteiger partial charge in [0.05, 0.1) is 0 Å². The minimum Gasteiger partial charge on any atom is -0.462 e. The minimum absolute atomic E-state index is 0.0733. The SMILES string of the molecule is CCCCCCC=CCCCCCCCC(=O)OCC(COC(=O)CCCCCCCCCCCCCCCCCCC)OC(=O)CCCCCCCC=CCCCCCC. The zero-order valence-electron chi connectivity index (χ0n) is 40.9. The summed E-state index contributed by atoms with van der Waals surface area (Å²) in [4.78, 5) is 38.0. The Hall–Kier alpha value is -2.11. The van der Waals surface area contributed by atoms with Crippen LogP contribution in [0.3, 0.4) is 0 Å². The van der Waals surface area contributed by atoms with Crippen LogP contribution >= 0.6 is 0 Å². The smallest absolute Gasteiger partial charge is 0.306 e. The molecule has 1 unspecified atom stereocenters. The molecule has 0 radical (unpaired) electrons. The van der Waals surface area contributed by atoms with E-state index in [4.69, 9.17) is 14.2 Å². The lowest BCUT2D eigenvalue weighted by molar-refractivity contribution is -0.167. The second-order valence-electron chi connectivity index (χ2n) is 18.1. The summed E-state index contributed by atoms with van der Waals surface area (Å²) in [5.41, 5.74) is 0. The van der Waals surface area contributed by atoms with Crippen LogP contribution < -0.4 is 0 Å². The lowest BCUT2D eigenvalue weighted by atomic mass is 10.0. The number of hydrogen-bond donors (Lipinski definition) is 0. The molecule has 0 heterocycles. The highest BCUT2D eigenvalue weighted by Crippen LogP contribution is 2.16. The highest BCUT2D eigenvalue weighted by molar-refractivity contribution is 5.71. The molecular weight excluding hydrogens is 757 g/mol. The van der Waals surface area contributed by atoms with Gasteiger partial charge >= 0.3 is 17.9 Å². The van der Waals surface area contributed by atoms with Crippen molar-refractivity contribution in [2.75, 3.05) is 13.2 Å². The van der Waals surface area contributed by atoms with Crippen molar-refractivity contribution in [3.8, 4) is 0 Å². The van der Waals surface area contributed by atoms with Crippen LogP contribution in [-0.4, -0.2) is 37.2 Å². The zero-order chi connectivity index (χ0) is 44.4. The molecule has 0 aromatic carbocycles. The van der Waals surface area contributed by atoms with Crippen molar-refractivity contribution in [3.63, 3.8) is 0 Å². The van der Waals surface area contributed by atoms with Gasteiger partial charge in [-0.2, -0.15) is 0 Å².